The van der Waals surface area contributed by atoms with Crippen molar-refractivity contribution in [1.82, 2.24) is 5.43 Å². The second-order valence-corrected chi connectivity index (χ2v) is 1.63. The van der Waals surface area contributed by atoms with E-state index >= 15 is 0 Å². The molecule has 0 radical (unpaired) electrons. The highest BCUT2D eigenvalue weighted by Gasteiger charge is 2.10. The first-order valence-electron chi connectivity index (χ1n) is 2.62. The smallest absolute Gasteiger partial charge is 0.355 e. The number of nitroso groups, excluding NO2 is 1. The maximum atomic E-state index is 10.3. The Morgan fingerprint density at radius 3 is 2.45 bits per heavy atom. The number of nitrogens with zero attached hydrogens (tertiary/aromatic N) is 2. The van der Waals surface area contributed by atoms with Gasteiger partial charge in [0.1, 0.15) is 5.70 Å². The molecule has 0 aromatic rings. The molecule has 0 unspecified atom stereocenters. The predicted octanol–water partition coefficient (Wildman–Crippen LogP) is 0.274. The Hall–Kier alpha value is -1.72. The SMILES string of the molecule is C=NN/C(C(=O)O)=C(\C)N=O. The van der Waals surface area contributed by atoms with Gasteiger partial charge >= 0.3 is 5.97 Å². The minimum absolute atomic E-state index is 0.176. The van der Waals surface area contributed by atoms with Crippen molar-refractivity contribution in [3.8, 4) is 0 Å². The number of aliphatic carboxylic acids is 1. The van der Waals surface area contributed by atoms with Crippen LogP contribution in [0.5, 0.6) is 0 Å². The van der Waals surface area contributed by atoms with Crippen molar-refractivity contribution in [2.24, 2.45) is 10.3 Å². The first-order chi connectivity index (χ1) is 5.13. The van der Waals surface area contributed by atoms with Crippen molar-refractivity contribution < 1.29 is 9.90 Å². The lowest BCUT2D eigenvalue weighted by molar-refractivity contribution is -0.133. The molecule has 11 heavy (non-hydrogen) atoms. The lowest BCUT2D eigenvalue weighted by atomic mass is 10.4. The number of rotatable bonds is 4. The van der Waals surface area contributed by atoms with E-state index in [9.17, 15) is 9.70 Å². The number of hydrazone groups is 1. The zero-order valence-electron chi connectivity index (χ0n) is 5.87. The Labute approximate surface area is 62.6 Å². The molecule has 2 N–H and O–H groups in total. The van der Waals surface area contributed by atoms with Crippen LogP contribution in [0, 0.1) is 4.91 Å². The Morgan fingerprint density at radius 2 is 2.18 bits per heavy atom. The predicted molar refractivity (Wildman–Crippen MR) is 38.8 cm³/mol. The molecule has 6 heteroatoms. The zero-order valence-corrected chi connectivity index (χ0v) is 5.87. The molecule has 6 nitrogen and oxygen atoms in total. The largest absolute Gasteiger partial charge is 0.476 e. The van der Waals surface area contributed by atoms with E-state index in [1.165, 1.54) is 6.92 Å². The average Bonchev–Trinajstić information content (AvgIpc) is 1.98. The number of hydrogen-bond acceptors (Lipinski definition) is 5. The van der Waals surface area contributed by atoms with Gasteiger partial charge in [0.25, 0.3) is 0 Å². The van der Waals surface area contributed by atoms with Gasteiger partial charge in [-0.2, -0.15) is 5.10 Å². The number of hydrogen-bond donors (Lipinski definition) is 2. The molecule has 0 aliphatic rings. The molecule has 0 rings (SSSR count). The summed E-state index contributed by atoms with van der Waals surface area (Å²) in [6.45, 7) is 4.26. The summed E-state index contributed by atoms with van der Waals surface area (Å²) in [5.74, 6) is -1.30. The van der Waals surface area contributed by atoms with E-state index < -0.39 is 5.97 Å². The van der Waals surface area contributed by atoms with Crippen LogP contribution in [-0.2, 0) is 4.79 Å². The van der Waals surface area contributed by atoms with E-state index in [0.717, 1.165) is 0 Å². The third kappa shape index (κ3) is 2.57. The summed E-state index contributed by atoms with van der Waals surface area (Å²) >= 11 is 0. The van der Waals surface area contributed by atoms with Crippen LogP contribution in [0.3, 0.4) is 0 Å². The van der Waals surface area contributed by atoms with Gasteiger partial charge in [-0.05, 0) is 12.1 Å². The number of nitrogens with one attached hydrogen (secondary N) is 1. The highest BCUT2D eigenvalue weighted by Crippen LogP contribution is 2.01. The molecule has 0 aliphatic heterocycles. The van der Waals surface area contributed by atoms with Crippen LogP contribution >= 0.6 is 0 Å². The molecule has 0 saturated heterocycles. The molecule has 0 aromatic heterocycles. The van der Waals surface area contributed by atoms with Gasteiger partial charge in [-0.3, -0.25) is 5.43 Å². The maximum absolute atomic E-state index is 10.3. The van der Waals surface area contributed by atoms with Crippen molar-refractivity contribution in [2.75, 3.05) is 0 Å². The molecule has 60 valence electrons. The maximum Gasteiger partial charge on any atom is 0.355 e. The van der Waals surface area contributed by atoms with Crippen LogP contribution in [0.15, 0.2) is 21.7 Å². The molecular weight excluding hydrogens is 150 g/mol. The highest BCUT2D eigenvalue weighted by molar-refractivity contribution is 5.86. The van der Waals surface area contributed by atoms with Crippen molar-refractivity contribution >= 4 is 12.7 Å². The lowest BCUT2D eigenvalue weighted by Crippen LogP contribution is -2.15. The van der Waals surface area contributed by atoms with Crippen LogP contribution in [0.4, 0.5) is 0 Å². The quantitative estimate of drug-likeness (QED) is 0.265. The molecule has 0 bridgehead atoms. The fourth-order valence-corrected chi connectivity index (χ4v) is 0.408. The summed E-state index contributed by atoms with van der Waals surface area (Å²) in [5, 5.41) is 13.9. The van der Waals surface area contributed by atoms with Gasteiger partial charge < -0.3 is 5.11 Å². The Bertz CT molecular complexity index is 221. The fraction of sp³-hybridized carbons (Fsp3) is 0.200. The second-order valence-electron chi connectivity index (χ2n) is 1.63. The third-order valence-corrected chi connectivity index (χ3v) is 0.903. The molecule has 0 saturated carbocycles. The molecule has 0 heterocycles. The summed E-state index contributed by atoms with van der Waals surface area (Å²) in [6.07, 6.45) is 0. The van der Waals surface area contributed by atoms with Crippen molar-refractivity contribution in [2.45, 2.75) is 6.92 Å². The zero-order chi connectivity index (χ0) is 8.85. The third-order valence-electron chi connectivity index (χ3n) is 0.903. The van der Waals surface area contributed by atoms with E-state index in [1.807, 2.05) is 5.43 Å². The molecule has 0 atom stereocenters. The van der Waals surface area contributed by atoms with Gasteiger partial charge in [0, 0.05) is 6.72 Å². The minimum Gasteiger partial charge on any atom is -0.476 e. The van der Waals surface area contributed by atoms with Gasteiger partial charge in [0.2, 0.25) is 0 Å². The highest BCUT2D eigenvalue weighted by atomic mass is 16.4. The summed E-state index contributed by atoms with van der Waals surface area (Å²) < 4.78 is 0. The van der Waals surface area contributed by atoms with E-state index in [2.05, 4.69) is 17.0 Å². The van der Waals surface area contributed by atoms with E-state index in [4.69, 9.17) is 5.11 Å². The van der Waals surface area contributed by atoms with Crippen LogP contribution in [0.1, 0.15) is 6.92 Å². The van der Waals surface area contributed by atoms with Gasteiger partial charge in [-0.25, -0.2) is 4.79 Å². The minimum atomic E-state index is -1.30. The van der Waals surface area contributed by atoms with Crippen molar-refractivity contribution in [3.63, 3.8) is 0 Å². The number of carboxylic acids is 1. The fourth-order valence-electron chi connectivity index (χ4n) is 0.408. The molecule has 0 spiro atoms. The molecule has 0 aliphatic carbocycles. The van der Waals surface area contributed by atoms with Crippen LogP contribution in [0.25, 0.3) is 0 Å². The van der Waals surface area contributed by atoms with Crippen LogP contribution < -0.4 is 5.43 Å². The van der Waals surface area contributed by atoms with Gasteiger partial charge in [-0.15, -0.1) is 4.91 Å². The molecular formula is C5H7N3O3. The van der Waals surface area contributed by atoms with E-state index in [-0.39, 0.29) is 11.4 Å². The number of carboxylic acid groups (broad SMARTS) is 1. The summed E-state index contributed by atoms with van der Waals surface area (Å²) in [7, 11) is 0. The summed E-state index contributed by atoms with van der Waals surface area (Å²) in [4.78, 5) is 20.1. The Morgan fingerprint density at radius 1 is 1.64 bits per heavy atom. The summed E-state index contributed by atoms with van der Waals surface area (Å²) in [6, 6.07) is 0. The standard InChI is InChI=1S/C5H7N3O3/c1-3(8-11)4(5(9)10)7-6-2/h7H,2H2,1H3,(H,9,10)/b4-3+. The molecule has 0 fully saturated rings. The summed E-state index contributed by atoms with van der Waals surface area (Å²) in [5.41, 5.74) is 1.49. The average molecular weight is 157 g/mol. The normalized spacial score (nSPS) is 11.4. The van der Waals surface area contributed by atoms with Crippen molar-refractivity contribution in [3.05, 3.63) is 16.3 Å². The van der Waals surface area contributed by atoms with Crippen LogP contribution in [0.2, 0.25) is 0 Å². The monoisotopic (exact) mass is 157 g/mol. The van der Waals surface area contributed by atoms with E-state index in [0.29, 0.717) is 0 Å². The first-order valence-corrected chi connectivity index (χ1v) is 2.62. The van der Waals surface area contributed by atoms with Crippen molar-refractivity contribution in [1.29, 1.82) is 0 Å². The van der Waals surface area contributed by atoms with Gasteiger partial charge in [0.05, 0.1) is 0 Å². The number of allylic oxidation sites excluding steroid dienone is 1. The Balaban J connectivity index is 4.70. The second kappa shape index (κ2) is 4.15. The van der Waals surface area contributed by atoms with E-state index in [1.54, 1.807) is 0 Å². The molecule has 0 aromatic carbocycles. The van der Waals surface area contributed by atoms with Gasteiger partial charge in [0.15, 0.2) is 5.70 Å². The topological polar surface area (TPSA) is 91.1 Å². The molecule has 0 amide bonds. The van der Waals surface area contributed by atoms with Crippen LogP contribution in [-0.4, -0.2) is 17.8 Å². The Kier molecular flexibility index (Phi) is 3.50. The number of carbonyl (C=O) groups is 1. The van der Waals surface area contributed by atoms with Gasteiger partial charge in [-0.1, -0.05) is 0 Å². The lowest BCUT2D eigenvalue weighted by Gasteiger charge is -1.99. The first kappa shape index (κ1) is 9.28.